The Bertz CT molecular complexity index is 1400. The standard InChI is InChI=1S/C31H41N7O/c1-5-6-10-26-20-38(29-22(4)9-7-8-11-27(29)21(2)3)31(39)37(26)19-25-18-32-17-16-28(25)23-12-14-24(15-13-23)30-33-35-36-34-30/h12-18,20-22,27,29H,5-11,19H2,1-4H3,(H,33,34,35,36). The summed E-state index contributed by atoms with van der Waals surface area (Å²) in [5.74, 6) is 2.11. The van der Waals surface area contributed by atoms with Crippen LogP contribution in [-0.4, -0.2) is 34.7 Å². The first-order valence-corrected chi connectivity index (χ1v) is 14.6. The average Bonchev–Trinajstić information content (AvgIpc) is 3.53. The number of aromatic nitrogens is 7. The molecule has 206 valence electrons. The van der Waals surface area contributed by atoms with Crippen molar-refractivity contribution >= 4 is 0 Å². The summed E-state index contributed by atoms with van der Waals surface area (Å²) in [6.07, 6.45) is 13.9. The first kappa shape index (κ1) is 27.0. The molecule has 0 radical (unpaired) electrons. The molecular weight excluding hydrogens is 486 g/mol. The molecule has 4 aromatic rings. The molecule has 3 unspecified atom stereocenters. The van der Waals surface area contributed by atoms with E-state index in [0.717, 1.165) is 47.2 Å². The molecule has 0 spiro atoms. The average molecular weight is 528 g/mol. The first-order chi connectivity index (χ1) is 19.0. The first-order valence-electron chi connectivity index (χ1n) is 14.6. The Morgan fingerprint density at radius 3 is 2.56 bits per heavy atom. The second kappa shape index (κ2) is 12.1. The van der Waals surface area contributed by atoms with Crippen LogP contribution in [0.2, 0.25) is 0 Å². The molecular formula is C31H41N7O. The van der Waals surface area contributed by atoms with E-state index in [2.05, 4.69) is 76.2 Å². The van der Waals surface area contributed by atoms with E-state index < -0.39 is 0 Å². The lowest BCUT2D eigenvalue weighted by Gasteiger charge is -2.33. The number of aryl methyl sites for hydroxylation is 1. The highest BCUT2D eigenvalue weighted by Crippen LogP contribution is 2.40. The van der Waals surface area contributed by atoms with Crippen molar-refractivity contribution in [2.75, 3.05) is 0 Å². The highest BCUT2D eigenvalue weighted by atomic mass is 16.1. The van der Waals surface area contributed by atoms with Crippen LogP contribution in [-0.2, 0) is 13.0 Å². The Hall–Kier alpha value is -3.55. The van der Waals surface area contributed by atoms with Gasteiger partial charge in [-0.2, -0.15) is 5.21 Å². The fraction of sp³-hybridized carbons (Fsp3) is 0.516. The zero-order chi connectivity index (χ0) is 27.4. The van der Waals surface area contributed by atoms with Gasteiger partial charge in [0.15, 0.2) is 0 Å². The van der Waals surface area contributed by atoms with Crippen molar-refractivity contribution in [3.05, 3.63) is 70.7 Å². The molecule has 1 aromatic carbocycles. The lowest BCUT2D eigenvalue weighted by Crippen LogP contribution is -2.35. The highest BCUT2D eigenvalue weighted by molar-refractivity contribution is 5.69. The van der Waals surface area contributed by atoms with E-state index in [1.807, 2.05) is 35.2 Å². The Kier molecular flexibility index (Phi) is 8.38. The normalized spacial score (nSPS) is 19.9. The molecule has 0 saturated heterocycles. The Morgan fingerprint density at radius 1 is 1.08 bits per heavy atom. The van der Waals surface area contributed by atoms with Crippen LogP contribution in [0.1, 0.15) is 83.5 Å². The number of imidazole rings is 1. The van der Waals surface area contributed by atoms with Gasteiger partial charge in [-0.25, -0.2) is 4.79 Å². The molecule has 3 aromatic heterocycles. The van der Waals surface area contributed by atoms with E-state index in [4.69, 9.17) is 0 Å². The maximum Gasteiger partial charge on any atom is 0.328 e. The molecule has 0 amide bonds. The molecule has 1 aliphatic rings. The largest absolute Gasteiger partial charge is 0.328 e. The van der Waals surface area contributed by atoms with Crippen molar-refractivity contribution in [3.63, 3.8) is 0 Å². The minimum absolute atomic E-state index is 0.118. The van der Waals surface area contributed by atoms with Gasteiger partial charge in [0.2, 0.25) is 5.82 Å². The van der Waals surface area contributed by atoms with E-state index >= 15 is 0 Å². The van der Waals surface area contributed by atoms with E-state index in [1.165, 1.54) is 25.7 Å². The predicted octanol–water partition coefficient (Wildman–Crippen LogP) is 6.31. The van der Waals surface area contributed by atoms with Gasteiger partial charge in [0, 0.05) is 35.9 Å². The molecule has 1 fully saturated rings. The van der Waals surface area contributed by atoms with E-state index in [9.17, 15) is 4.79 Å². The molecule has 39 heavy (non-hydrogen) atoms. The minimum Gasteiger partial charge on any atom is -0.295 e. The molecule has 0 bridgehead atoms. The molecule has 1 aliphatic carbocycles. The van der Waals surface area contributed by atoms with Crippen molar-refractivity contribution in [3.8, 4) is 22.5 Å². The van der Waals surface area contributed by atoms with Gasteiger partial charge >= 0.3 is 5.69 Å². The van der Waals surface area contributed by atoms with Gasteiger partial charge in [0.1, 0.15) is 0 Å². The van der Waals surface area contributed by atoms with Crippen molar-refractivity contribution < 1.29 is 0 Å². The number of tetrazole rings is 1. The Balaban J connectivity index is 1.52. The third kappa shape index (κ3) is 5.75. The van der Waals surface area contributed by atoms with Crippen LogP contribution in [0.5, 0.6) is 0 Å². The smallest absolute Gasteiger partial charge is 0.295 e. The predicted molar refractivity (Wildman–Crippen MR) is 154 cm³/mol. The van der Waals surface area contributed by atoms with E-state index in [0.29, 0.717) is 30.1 Å². The summed E-state index contributed by atoms with van der Waals surface area (Å²) in [5.41, 5.74) is 5.33. The van der Waals surface area contributed by atoms with Crippen molar-refractivity contribution in [2.45, 2.75) is 85.2 Å². The van der Waals surface area contributed by atoms with E-state index in [1.54, 1.807) is 0 Å². The molecule has 1 N–H and O–H groups in total. The van der Waals surface area contributed by atoms with Crippen LogP contribution in [0, 0.1) is 17.8 Å². The van der Waals surface area contributed by atoms with Crippen molar-refractivity contribution in [1.29, 1.82) is 0 Å². The second-order valence-corrected chi connectivity index (χ2v) is 11.5. The van der Waals surface area contributed by atoms with Gasteiger partial charge < -0.3 is 0 Å². The number of H-pyrrole nitrogens is 1. The van der Waals surface area contributed by atoms with Gasteiger partial charge in [-0.3, -0.25) is 14.1 Å². The molecule has 3 atom stereocenters. The van der Waals surface area contributed by atoms with Gasteiger partial charge in [-0.1, -0.05) is 71.2 Å². The maximum atomic E-state index is 14.2. The number of nitrogens with zero attached hydrogens (tertiary/aromatic N) is 6. The number of aromatic amines is 1. The number of hydrogen-bond donors (Lipinski definition) is 1. The molecule has 0 aliphatic heterocycles. The summed E-state index contributed by atoms with van der Waals surface area (Å²) in [6, 6.07) is 10.4. The summed E-state index contributed by atoms with van der Waals surface area (Å²) >= 11 is 0. The van der Waals surface area contributed by atoms with Gasteiger partial charge in [-0.05, 0) is 71.4 Å². The summed E-state index contributed by atoms with van der Waals surface area (Å²) in [4.78, 5) is 18.6. The van der Waals surface area contributed by atoms with Crippen LogP contribution < -0.4 is 5.69 Å². The number of unbranched alkanes of at least 4 members (excludes halogenated alkanes) is 1. The van der Waals surface area contributed by atoms with Gasteiger partial charge in [-0.15, -0.1) is 10.2 Å². The molecule has 8 nitrogen and oxygen atoms in total. The number of rotatable bonds is 9. The Morgan fingerprint density at radius 2 is 1.85 bits per heavy atom. The lowest BCUT2D eigenvalue weighted by atomic mass is 9.80. The summed E-state index contributed by atoms with van der Waals surface area (Å²) in [6.45, 7) is 9.70. The van der Waals surface area contributed by atoms with Crippen molar-refractivity contribution in [1.82, 2.24) is 34.7 Å². The zero-order valence-corrected chi connectivity index (χ0v) is 23.7. The summed E-state index contributed by atoms with van der Waals surface area (Å²) in [7, 11) is 0. The topological polar surface area (TPSA) is 94.3 Å². The number of hydrogen-bond acceptors (Lipinski definition) is 5. The SMILES string of the molecule is CCCCc1cn(C2C(C)CCCCC2C(C)C)c(=O)n1Cc1cnccc1-c1ccc(-c2nn[nH]n2)cc1. The van der Waals surface area contributed by atoms with Gasteiger partial charge in [0.25, 0.3) is 0 Å². The number of benzene rings is 1. The minimum atomic E-state index is 0.118. The fourth-order valence-electron chi connectivity index (χ4n) is 6.39. The van der Waals surface area contributed by atoms with Crippen LogP contribution in [0.3, 0.4) is 0 Å². The van der Waals surface area contributed by atoms with E-state index in [-0.39, 0.29) is 11.7 Å². The van der Waals surface area contributed by atoms with Crippen molar-refractivity contribution in [2.24, 2.45) is 17.8 Å². The highest BCUT2D eigenvalue weighted by Gasteiger charge is 2.34. The molecule has 8 heteroatoms. The summed E-state index contributed by atoms with van der Waals surface area (Å²) in [5, 5.41) is 14.3. The quantitative estimate of drug-likeness (QED) is 0.258. The van der Waals surface area contributed by atoms with Crippen LogP contribution in [0.4, 0.5) is 0 Å². The fourth-order valence-corrected chi connectivity index (χ4v) is 6.39. The molecule has 5 rings (SSSR count). The third-order valence-electron chi connectivity index (χ3n) is 8.55. The molecule has 3 heterocycles. The molecule has 1 saturated carbocycles. The number of nitrogens with one attached hydrogen (secondary N) is 1. The third-order valence-corrected chi connectivity index (χ3v) is 8.55. The maximum absolute atomic E-state index is 14.2. The monoisotopic (exact) mass is 527 g/mol. The Labute approximate surface area is 230 Å². The van der Waals surface area contributed by atoms with Crippen LogP contribution in [0.15, 0.2) is 53.7 Å². The number of pyridine rings is 1. The van der Waals surface area contributed by atoms with Gasteiger partial charge in [0.05, 0.1) is 6.54 Å². The summed E-state index contributed by atoms with van der Waals surface area (Å²) < 4.78 is 4.13. The van der Waals surface area contributed by atoms with Crippen LogP contribution >= 0.6 is 0 Å². The second-order valence-electron chi connectivity index (χ2n) is 11.5. The lowest BCUT2D eigenvalue weighted by molar-refractivity contribution is 0.188. The van der Waals surface area contributed by atoms with Crippen LogP contribution in [0.25, 0.3) is 22.5 Å². The zero-order valence-electron chi connectivity index (χ0n) is 23.7.